The highest BCUT2D eigenvalue weighted by atomic mass is 32.2. The van der Waals surface area contributed by atoms with E-state index in [1.165, 1.54) is 11.3 Å². The van der Waals surface area contributed by atoms with E-state index in [-0.39, 0.29) is 12.0 Å². The van der Waals surface area contributed by atoms with E-state index in [0.29, 0.717) is 22.4 Å². The molecule has 0 aliphatic heterocycles. The summed E-state index contributed by atoms with van der Waals surface area (Å²) in [5.74, 6) is 1.68. The molecule has 0 bridgehead atoms. The van der Waals surface area contributed by atoms with Gasteiger partial charge in [-0.15, -0.1) is 10.2 Å². The van der Waals surface area contributed by atoms with Gasteiger partial charge in [-0.2, -0.15) is 0 Å². The average molecular weight is 458 g/mol. The van der Waals surface area contributed by atoms with Gasteiger partial charge in [-0.25, -0.2) is 0 Å². The molecule has 0 atom stereocenters. The summed E-state index contributed by atoms with van der Waals surface area (Å²) in [6, 6.07) is 3.75. The second kappa shape index (κ2) is 9.29. The molecule has 1 saturated carbocycles. The van der Waals surface area contributed by atoms with Crippen LogP contribution in [0, 0.1) is 19.8 Å². The molecule has 0 saturated heterocycles. The van der Waals surface area contributed by atoms with E-state index in [9.17, 15) is 9.90 Å². The van der Waals surface area contributed by atoms with Crippen LogP contribution < -0.4 is 10.1 Å². The molecule has 162 valence electrons. The van der Waals surface area contributed by atoms with E-state index >= 15 is 0 Å². The van der Waals surface area contributed by atoms with Crippen molar-refractivity contribution in [3.8, 4) is 16.9 Å². The molecule has 1 fully saturated rings. The van der Waals surface area contributed by atoms with E-state index in [1.807, 2.05) is 26.0 Å². The topological polar surface area (TPSA) is 110 Å². The molecule has 2 N–H and O–H groups in total. The van der Waals surface area contributed by atoms with Gasteiger partial charge >= 0.3 is 0 Å². The fourth-order valence-corrected chi connectivity index (χ4v) is 5.29. The summed E-state index contributed by atoms with van der Waals surface area (Å²) >= 11 is 2.94. The molecular weight excluding hydrogens is 434 g/mol. The summed E-state index contributed by atoms with van der Waals surface area (Å²) < 4.78 is 6.26. The number of anilines is 1. The molecule has 4 rings (SSSR count). The van der Waals surface area contributed by atoms with Gasteiger partial charge in [0.05, 0.1) is 25.0 Å². The standard InChI is InChI=1S/C21H23N5O3S2/c1-11-4-15(16-5-12(2)23-9-18(16)29-3)17(8-22-11)19(28)24-20-25-26-21(31-20)30-10-13-6-14(27)7-13/h4-5,8-9,13-14,27H,6-7,10H2,1-3H3,(H,24,25,28)/t13-,14+. The van der Waals surface area contributed by atoms with Gasteiger partial charge in [0.1, 0.15) is 5.75 Å². The molecule has 3 aromatic heterocycles. The van der Waals surface area contributed by atoms with Crippen molar-refractivity contribution in [2.24, 2.45) is 5.92 Å². The molecule has 0 aromatic carbocycles. The van der Waals surface area contributed by atoms with Crippen molar-refractivity contribution in [2.45, 2.75) is 37.1 Å². The van der Waals surface area contributed by atoms with Crippen molar-refractivity contribution < 1.29 is 14.6 Å². The maximum Gasteiger partial charge on any atom is 0.259 e. The van der Waals surface area contributed by atoms with Gasteiger partial charge < -0.3 is 9.84 Å². The van der Waals surface area contributed by atoms with Crippen LogP contribution in [-0.4, -0.2) is 50.1 Å². The van der Waals surface area contributed by atoms with E-state index in [2.05, 4.69) is 25.5 Å². The lowest BCUT2D eigenvalue weighted by molar-refractivity contribution is 0.0533. The Morgan fingerprint density at radius 1 is 1.19 bits per heavy atom. The Kier molecular flexibility index (Phi) is 6.49. The van der Waals surface area contributed by atoms with Crippen molar-refractivity contribution in [1.82, 2.24) is 20.2 Å². The molecule has 0 radical (unpaired) electrons. The number of carbonyl (C=O) groups excluding carboxylic acids is 1. The van der Waals surface area contributed by atoms with Crippen LogP contribution in [0.25, 0.3) is 11.1 Å². The quantitative estimate of drug-likeness (QED) is 0.408. The van der Waals surface area contributed by atoms with E-state index in [0.717, 1.165) is 45.4 Å². The van der Waals surface area contributed by atoms with Crippen LogP contribution in [0.4, 0.5) is 5.13 Å². The van der Waals surface area contributed by atoms with Gasteiger partial charge in [-0.05, 0) is 44.7 Å². The third-order valence-electron chi connectivity index (χ3n) is 5.08. The lowest BCUT2D eigenvalue weighted by Crippen LogP contribution is -2.29. The number of aliphatic hydroxyl groups is 1. The maximum absolute atomic E-state index is 13.1. The SMILES string of the molecule is COc1cnc(C)cc1-c1cc(C)ncc1C(=O)Nc1nnc(SC[C@H]2C[C@@H](O)C2)s1. The van der Waals surface area contributed by atoms with Gasteiger partial charge in [0.15, 0.2) is 4.34 Å². The predicted molar refractivity (Wildman–Crippen MR) is 121 cm³/mol. The average Bonchev–Trinajstić information content (AvgIpc) is 3.17. The third-order valence-corrected chi connectivity index (χ3v) is 7.28. The van der Waals surface area contributed by atoms with Crippen LogP contribution in [0.3, 0.4) is 0 Å². The number of carbonyl (C=O) groups is 1. The number of pyridine rings is 2. The summed E-state index contributed by atoms with van der Waals surface area (Å²) in [7, 11) is 1.58. The maximum atomic E-state index is 13.1. The van der Waals surface area contributed by atoms with Crippen molar-refractivity contribution in [3.05, 3.63) is 41.5 Å². The van der Waals surface area contributed by atoms with Gasteiger partial charge in [0.25, 0.3) is 5.91 Å². The minimum absolute atomic E-state index is 0.157. The van der Waals surface area contributed by atoms with E-state index in [1.54, 1.807) is 31.3 Å². The zero-order valence-corrected chi connectivity index (χ0v) is 19.1. The van der Waals surface area contributed by atoms with Crippen molar-refractivity contribution in [1.29, 1.82) is 0 Å². The molecule has 0 unspecified atom stereocenters. The number of ether oxygens (including phenoxy) is 1. The molecule has 10 heteroatoms. The molecule has 3 aromatic rings. The molecule has 0 spiro atoms. The van der Waals surface area contributed by atoms with Crippen molar-refractivity contribution in [2.75, 3.05) is 18.2 Å². The molecule has 1 aliphatic carbocycles. The molecule has 1 amide bonds. The van der Waals surface area contributed by atoms with Gasteiger partial charge in [0, 0.05) is 34.5 Å². The number of amides is 1. The summed E-state index contributed by atoms with van der Waals surface area (Å²) in [5.41, 5.74) is 3.53. The minimum Gasteiger partial charge on any atom is -0.494 e. The first-order chi connectivity index (χ1) is 14.9. The highest BCUT2D eigenvalue weighted by molar-refractivity contribution is 8.01. The Bertz CT molecular complexity index is 1100. The summed E-state index contributed by atoms with van der Waals surface area (Å²) in [5, 5.41) is 20.9. The second-order valence-corrected chi connectivity index (χ2v) is 9.77. The number of aliphatic hydroxyl groups excluding tert-OH is 1. The summed E-state index contributed by atoms with van der Waals surface area (Å²) in [6.45, 7) is 3.77. The molecular formula is C21H23N5O3S2. The van der Waals surface area contributed by atoms with Crippen LogP contribution >= 0.6 is 23.1 Å². The number of hydrogen-bond donors (Lipinski definition) is 2. The second-order valence-electron chi connectivity index (χ2n) is 7.53. The largest absolute Gasteiger partial charge is 0.494 e. The first-order valence-electron chi connectivity index (χ1n) is 9.86. The number of aryl methyl sites for hydroxylation is 2. The lowest BCUT2D eigenvalue weighted by atomic mass is 9.84. The Labute approximate surface area is 188 Å². The van der Waals surface area contributed by atoms with Crippen LogP contribution in [-0.2, 0) is 0 Å². The van der Waals surface area contributed by atoms with Crippen LogP contribution in [0.5, 0.6) is 5.75 Å². The van der Waals surface area contributed by atoms with E-state index in [4.69, 9.17) is 4.74 Å². The Hall–Kier alpha value is -2.56. The van der Waals surface area contributed by atoms with Crippen molar-refractivity contribution in [3.63, 3.8) is 0 Å². The fraction of sp³-hybridized carbons (Fsp3) is 0.381. The zero-order valence-electron chi connectivity index (χ0n) is 17.5. The summed E-state index contributed by atoms with van der Waals surface area (Å²) in [6.07, 6.45) is 4.74. The Balaban J connectivity index is 1.53. The number of nitrogens with zero attached hydrogens (tertiary/aromatic N) is 4. The first kappa shape index (κ1) is 21.7. The number of hydrogen-bond acceptors (Lipinski definition) is 9. The molecule has 8 nitrogen and oxygen atoms in total. The number of methoxy groups -OCH3 is 1. The lowest BCUT2D eigenvalue weighted by Gasteiger charge is -2.30. The fourth-order valence-electron chi connectivity index (χ4n) is 3.39. The number of thioether (sulfide) groups is 1. The third kappa shape index (κ3) is 5.03. The van der Waals surface area contributed by atoms with E-state index < -0.39 is 0 Å². The molecule has 1 aliphatic rings. The van der Waals surface area contributed by atoms with Crippen molar-refractivity contribution >= 4 is 34.1 Å². The molecule has 3 heterocycles. The number of rotatable bonds is 7. The van der Waals surface area contributed by atoms with Gasteiger partial charge in [0.2, 0.25) is 5.13 Å². The highest BCUT2D eigenvalue weighted by Crippen LogP contribution is 2.36. The zero-order chi connectivity index (χ0) is 22.0. The van der Waals surface area contributed by atoms with Crippen LogP contribution in [0.2, 0.25) is 0 Å². The number of nitrogens with one attached hydrogen (secondary N) is 1. The van der Waals surface area contributed by atoms with Gasteiger partial charge in [-0.1, -0.05) is 23.1 Å². The highest BCUT2D eigenvalue weighted by Gasteiger charge is 2.27. The number of aromatic nitrogens is 4. The first-order valence-corrected chi connectivity index (χ1v) is 11.7. The Morgan fingerprint density at radius 3 is 2.61 bits per heavy atom. The Morgan fingerprint density at radius 2 is 1.90 bits per heavy atom. The minimum atomic E-state index is -0.311. The van der Waals surface area contributed by atoms with Crippen LogP contribution in [0.1, 0.15) is 34.6 Å². The summed E-state index contributed by atoms with van der Waals surface area (Å²) in [4.78, 5) is 21.6. The molecule has 31 heavy (non-hydrogen) atoms. The van der Waals surface area contributed by atoms with Crippen LogP contribution in [0.15, 0.2) is 28.9 Å². The normalized spacial score (nSPS) is 17.8. The predicted octanol–water partition coefficient (Wildman–Crippen LogP) is 3.74. The van der Waals surface area contributed by atoms with Gasteiger partial charge in [-0.3, -0.25) is 20.1 Å². The monoisotopic (exact) mass is 457 g/mol. The smallest absolute Gasteiger partial charge is 0.259 e.